The van der Waals surface area contributed by atoms with Crippen LogP contribution in [0.5, 0.6) is 5.75 Å². The number of anilines is 1. The van der Waals surface area contributed by atoms with Gasteiger partial charge in [-0.15, -0.1) is 11.3 Å². The Morgan fingerprint density at radius 3 is 2.67 bits per heavy atom. The molecule has 21 heavy (non-hydrogen) atoms. The van der Waals surface area contributed by atoms with Crippen LogP contribution in [-0.4, -0.2) is 13.5 Å². The van der Waals surface area contributed by atoms with Gasteiger partial charge in [-0.2, -0.15) is 0 Å². The monoisotopic (exact) mass is 312 g/mol. The number of rotatable bonds is 5. The second-order valence-electron chi connectivity index (χ2n) is 3.85. The molecule has 1 aromatic carbocycles. The minimum Gasteiger partial charge on any atom is -0.483 e. The topological polar surface area (TPSA) is 93.6 Å². The summed E-state index contributed by atoms with van der Waals surface area (Å²) in [4.78, 5) is 9.98. The van der Waals surface area contributed by atoms with Crippen LogP contribution >= 0.6 is 11.3 Å². The number of nitrogens with one attached hydrogen (secondary N) is 1. The fourth-order valence-electron chi connectivity index (χ4n) is 1.46. The van der Waals surface area contributed by atoms with Gasteiger partial charge in [0.15, 0.2) is 11.6 Å². The van der Waals surface area contributed by atoms with Crippen molar-refractivity contribution in [2.75, 3.05) is 12.1 Å². The SMILES string of the molecule is CN(N)c1cccc(F)c1OCc1cccs1.NNC=O. The smallest absolute Gasteiger partial charge is 0.221 e. The molecule has 0 unspecified atom stereocenters. The maximum Gasteiger partial charge on any atom is 0.221 e. The summed E-state index contributed by atoms with van der Waals surface area (Å²) in [5, 5.41) is 3.29. The summed E-state index contributed by atoms with van der Waals surface area (Å²) in [6.45, 7) is 0.347. The maximum atomic E-state index is 13.6. The van der Waals surface area contributed by atoms with Crippen molar-refractivity contribution in [3.8, 4) is 5.75 Å². The molecule has 0 bridgehead atoms. The lowest BCUT2D eigenvalue weighted by molar-refractivity contribution is -0.109. The third-order valence-electron chi connectivity index (χ3n) is 2.33. The minimum atomic E-state index is -0.406. The highest BCUT2D eigenvalue weighted by molar-refractivity contribution is 7.09. The van der Waals surface area contributed by atoms with Gasteiger partial charge in [-0.25, -0.2) is 16.1 Å². The minimum absolute atomic E-state index is 0.186. The highest BCUT2D eigenvalue weighted by Gasteiger charge is 2.12. The van der Waals surface area contributed by atoms with Gasteiger partial charge in [0.1, 0.15) is 6.61 Å². The summed E-state index contributed by atoms with van der Waals surface area (Å²) in [5.74, 6) is 9.81. The standard InChI is InChI=1S/C12H13FN2OS.CH4N2O/c1-15(14)11-6-2-5-10(13)12(11)16-8-9-4-3-7-17-9;2-3-1-4/h2-7H,8,14H2,1H3;1H,2H2,(H,3,4). The zero-order valence-corrected chi connectivity index (χ0v) is 12.3. The molecule has 0 saturated heterocycles. The molecule has 0 aliphatic carbocycles. The summed E-state index contributed by atoms with van der Waals surface area (Å²) in [7, 11) is 1.65. The quantitative estimate of drug-likeness (QED) is 0.336. The van der Waals surface area contributed by atoms with E-state index in [1.807, 2.05) is 17.5 Å². The lowest BCUT2D eigenvalue weighted by Crippen LogP contribution is -2.25. The molecule has 5 N–H and O–H groups in total. The number of ether oxygens (including phenoxy) is 1. The number of carbonyl (C=O) groups excluding carboxylic acids is 1. The molecule has 1 heterocycles. The Hall–Kier alpha value is -2.16. The highest BCUT2D eigenvalue weighted by Crippen LogP contribution is 2.30. The van der Waals surface area contributed by atoms with E-state index in [-0.39, 0.29) is 5.75 Å². The molecule has 0 aliphatic heterocycles. The summed E-state index contributed by atoms with van der Waals surface area (Å²) in [6.07, 6.45) is 0.403. The molecular formula is C13H17FN4O2S. The van der Waals surface area contributed by atoms with Crippen molar-refractivity contribution in [3.05, 3.63) is 46.4 Å². The number of amides is 1. The molecule has 0 radical (unpaired) electrons. The van der Waals surface area contributed by atoms with Gasteiger partial charge in [-0.3, -0.25) is 10.2 Å². The number of thiophene rings is 1. The summed E-state index contributed by atoms with van der Waals surface area (Å²) < 4.78 is 19.1. The Bertz CT molecular complexity index is 549. The van der Waals surface area contributed by atoms with Crippen molar-refractivity contribution < 1.29 is 13.9 Å². The lowest BCUT2D eigenvalue weighted by Gasteiger charge is -2.17. The first-order valence-corrected chi connectivity index (χ1v) is 6.80. The Kier molecular flexibility index (Phi) is 7.16. The summed E-state index contributed by atoms with van der Waals surface area (Å²) in [6, 6.07) is 8.55. The van der Waals surface area contributed by atoms with Crippen LogP contribution in [-0.2, 0) is 11.4 Å². The Morgan fingerprint density at radius 2 is 2.14 bits per heavy atom. The number of benzene rings is 1. The second kappa shape index (κ2) is 8.90. The van der Waals surface area contributed by atoms with Gasteiger partial charge in [-0.1, -0.05) is 12.1 Å². The number of nitrogens with zero attached hydrogens (tertiary/aromatic N) is 1. The molecule has 114 valence electrons. The number of carbonyl (C=O) groups is 1. The average molecular weight is 312 g/mol. The first kappa shape index (κ1) is 16.9. The molecule has 0 saturated carbocycles. The van der Waals surface area contributed by atoms with Crippen molar-refractivity contribution >= 4 is 23.4 Å². The van der Waals surface area contributed by atoms with Gasteiger partial charge in [0.2, 0.25) is 6.41 Å². The van der Waals surface area contributed by atoms with E-state index >= 15 is 0 Å². The maximum absolute atomic E-state index is 13.6. The van der Waals surface area contributed by atoms with E-state index in [4.69, 9.17) is 15.4 Å². The van der Waals surface area contributed by atoms with Crippen LogP contribution in [0.15, 0.2) is 35.7 Å². The van der Waals surface area contributed by atoms with Gasteiger partial charge in [0, 0.05) is 11.9 Å². The van der Waals surface area contributed by atoms with Crippen LogP contribution in [0.1, 0.15) is 4.88 Å². The fourth-order valence-corrected chi connectivity index (χ4v) is 2.07. The van der Waals surface area contributed by atoms with Crippen molar-refractivity contribution in [2.45, 2.75) is 6.61 Å². The number of halogens is 1. The lowest BCUT2D eigenvalue weighted by atomic mass is 10.2. The first-order chi connectivity index (χ1) is 10.1. The first-order valence-electron chi connectivity index (χ1n) is 5.92. The second-order valence-corrected chi connectivity index (χ2v) is 4.88. The van der Waals surface area contributed by atoms with Gasteiger partial charge < -0.3 is 9.75 Å². The highest BCUT2D eigenvalue weighted by atomic mass is 32.1. The number of hydrogen-bond acceptors (Lipinski definition) is 6. The van der Waals surface area contributed by atoms with E-state index in [1.54, 1.807) is 35.9 Å². The van der Waals surface area contributed by atoms with E-state index in [2.05, 4.69) is 5.84 Å². The van der Waals surface area contributed by atoms with Crippen LogP contribution in [0.2, 0.25) is 0 Å². The Balaban J connectivity index is 0.000000491. The van der Waals surface area contributed by atoms with Crippen molar-refractivity contribution in [1.29, 1.82) is 0 Å². The van der Waals surface area contributed by atoms with Crippen molar-refractivity contribution in [3.63, 3.8) is 0 Å². The summed E-state index contributed by atoms with van der Waals surface area (Å²) in [5.41, 5.74) is 2.28. The number of hydrogen-bond donors (Lipinski definition) is 3. The van der Waals surface area contributed by atoms with E-state index in [0.29, 0.717) is 18.7 Å². The van der Waals surface area contributed by atoms with Gasteiger partial charge in [0.05, 0.1) is 5.69 Å². The van der Waals surface area contributed by atoms with E-state index < -0.39 is 5.82 Å². The van der Waals surface area contributed by atoms with E-state index in [9.17, 15) is 4.39 Å². The number of hydrazine groups is 2. The molecule has 0 fully saturated rings. The van der Waals surface area contributed by atoms with Crippen LogP contribution < -0.4 is 26.9 Å². The molecule has 0 aliphatic rings. The van der Waals surface area contributed by atoms with Crippen LogP contribution in [0.3, 0.4) is 0 Å². The fraction of sp³-hybridized carbons (Fsp3) is 0.154. The molecule has 0 spiro atoms. The number of para-hydroxylation sites is 1. The van der Waals surface area contributed by atoms with Crippen molar-refractivity contribution in [2.24, 2.45) is 11.7 Å². The van der Waals surface area contributed by atoms with Crippen LogP contribution in [0.4, 0.5) is 10.1 Å². The zero-order valence-electron chi connectivity index (χ0n) is 11.5. The zero-order chi connectivity index (χ0) is 15.7. The molecule has 1 amide bonds. The third kappa shape index (κ3) is 5.38. The third-order valence-corrected chi connectivity index (χ3v) is 3.18. The molecule has 2 aromatic rings. The molecule has 6 nitrogen and oxygen atoms in total. The predicted molar refractivity (Wildman–Crippen MR) is 81.0 cm³/mol. The van der Waals surface area contributed by atoms with E-state index in [0.717, 1.165) is 4.88 Å². The average Bonchev–Trinajstić information content (AvgIpc) is 2.99. The molecular weight excluding hydrogens is 295 g/mol. The van der Waals surface area contributed by atoms with Gasteiger partial charge >= 0.3 is 0 Å². The normalized spacial score (nSPS) is 9.33. The Labute approximate surface area is 126 Å². The predicted octanol–water partition coefficient (Wildman–Crippen LogP) is 1.38. The van der Waals surface area contributed by atoms with Gasteiger partial charge in [0.25, 0.3) is 0 Å². The molecule has 0 atom stereocenters. The molecule has 1 aromatic heterocycles. The van der Waals surface area contributed by atoms with Crippen LogP contribution in [0.25, 0.3) is 0 Å². The number of nitrogens with two attached hydrogens (primary N) is 2. The molecule has 8 heteroatoms. The Morgan fingerprint density at radius 1 is 1.43 bits per heavy atom. The summed E-state index contributed by atoms with van der Waals surface area (Å²) >= 11 is 1.57. The van der Waals surface area contributed by atoms with Gasteiger partial charge in [-0.05, 0) is 23.6 Å². The molecule has 2 rings (SSSR count). The van der Waals surface area contributed by atoms with E-state index in [1.165, 1.54) is 11.1 Å². The van der Waals surface area contributed by atoms with Crippen molar-refractivity contribution in [1.82, 2.24) is 5.43 Å². The van der Waals surface area contributed by atoms with Crippen LogP contribution in [0, 0.1) is 5.82 Å². The largest absolute Gasteiger partial charge is 0.483 e.